The third-order valence-corrected chi connectivity index (χ3v) is 4.66. The summed E-state index contributed by atoms with van der Waals surface area (Å²) in [4.78, 5) is 22.1. The number of benzene rings is 1. The highest BCUT2D eigenvalue weighted by molar-refractivity contribution is 5.79. The van der Waals surface area contributed by atoms with Crippen molar-refractivity contribution in [3.8, 4) is 22.5 Å². The standard InChI is InChI=1S/C21H26FN5O2/c1-5-26-19(17-11-12-23-21(25-17)24-14(3)13-29-4)18(20(28)27(26)6-2)15-7-9-16(22)10-8-15/h7-12,14H,5-6,13H2,1-4H3,(H,23,24,25). The molecule has 1 unspecified atom stereocenters. The summed E-state index contributed by atoms with van der Waals surface area (Å²) in [7, 11) is 1.64. The van der Waals surface area contributed by atoms with Crippen molar-refractivity contribution in [2.75, 3.05) is 19.0 Å². The molecule has 8 heteroatoms. The molecule has 1 N–H and O–H groups in total. The van der Waals surface area contributed by atoms with E-state index in [2.05, 4.69) is 15.3 Å². The van der Waals surface area contributed by atoms with Gasteiger partial charge < -0.3 is 10.1 Å². The highest BCUT2D eigenvalue weighted by Crippen LogP contribution is 2.30. The van der Waals surface area contributed by atoms with Crippen LogP contribution in [0.4, 0.5) is 10.3 Å². The lowest BCUT2D eigenvalue weighted by molar-refractivity contribution is 0.190. The lowest BCUT2D eigenvalue weighted by Crippen LogP contribution is -2.22. The smallest absolute Gasteiger partial charge is 0.275 e. The van der Waals surface area contributed by atoms with Crippen LogP contribution >= 0.6 is 0 Å². The Kier molecular flexibility index (Phi) is 6.43. The predicted molar refractivity (Wildman–Crippen MR) is 111 cm³/mol. The monoisotopic (exact) mass is 399 g/mol. The summed E-state index contributed by atoms with van der Waals surface area (Å²) in [5.41, 5.74) is 2.34. The van der Waals surface area contributed by atoms with E-state index in [1.807, 2.05) is 25.5 Å². The van der Waals surface area contributed by atoms with Crippen molar-refractivity contribution in [2.45, 2.75) is 39.9 Å². The van der Waals surface area contributed by atoms with Crippen molar-refractivity contribution >= 4 is 5.95 Å². The maximum atomic E-state index is 13.5. The molecule has 3 rings (SSSR count). The quantitative estimate of drug-likeness (QED) is 0.628. The number of hydrogen-bond donors (Lipinski definition) is 1. The Labute approximate surface area is 169 Å². The van der Waals surface area contributed by atoms with E-state index in [1.165, 1.54) is 12.1 Å². The van der Waals surface area contributed by atoms with Crippen LogP contribution in [-0.4, -0.2) is 39.1 Å². The van der Waals surface area contributed by atoms with Crippen molar-refractivity contribution < 1.29 is 9.13 Å². The molecule has 0 aliphatic rings. The molecule has 0 radical (unpaired) electrons. The van der Waals surface area contributed by atoms with Gasteiger partial charge in [-0.15, -0.1) is 0 Å². The van der Waals surface area contributed by atoms with Crippen LogP contribution in [0.15, 0.2) is 41.3 Å². The molecule has 0 bridgehead atoms. The van der Waals surface area contributed by atoms with Gasteiger partial charge in [-0.1, -0.05) is 12.1 Å². The van der Waals surface area contributed by atoms with E-state index in [9.17, 15) is 9.18 Å². The molecular formula is C21H26FN5O2. The molecule has 0 saturated carbocycles. The lowest BCUT2D eigenvalue weighted by Gasteiger charge is -2.15. The minimum atomic E-state index is -0.346. The summed E-state index contributed by atoms with van der Waals surface area (Å²) >= 11 is 0. The van der Waals surface area contributed by atoms with Gasteiger partial charge in [0.05, 0.1) is 23.6 Å². The number of ether oxygens (including phenoxy) is 1. The summed E-state index contributed by atoms with van der Waals surface area (Å²) in [5, 5.41) is 3.20. The van der Waals surface area contributed by atoms with Gasteiger partial charge in [0.25, 0.3) is 5.56 Å². The van der Waals surface area contributed by atoms with Gasteiger partial charge in [0.15, 0.2) is 0 Å². The molecule has 0 fully saturated rings. The number of rotatable bonds is 8. The highest BCUT2D eigenvalue weighted by Gasteiger charge is 2.23. The first-order valence-corrected chi connectivity index (χ1v) is 9.68. The van der Waals surface area contributed by atoms with E-state index >= 15 is 0 Å². The first-order valence-electron chi connectivity index (χ1n) is 9.68. The first-order chi connectivity index (χ1) is 14.0. The highest BCUT2D eigenvalue weighted by atomic mass is 19.1. The zero-order chi connectivity index (χ0) is 21.0. The summed E-state index contributed by atoms with van der Waals surface area (Å²) in [5.74, 6) is 0.109. The molecule has 0 aliphatic carbocycles. The van der Waals surface area contributed by atoms with Gasteiger partial charge in [0, 0.05) is 32.4 Å². The SMILES string of the molecule is CCn1c(-c2ccnc(NC(C)COC)n2)c(-c2ccc(F)cc2)c(=O)n1CC. The third-order valence-electron chi connectivity index (χ3n) is 4.66. The fraction of sp³-hybridized carbons (Fsp3) is 0.381. The second-order valence-corrected chi connectivity index (χ2v) is 6.73. The fourth-order valence-corrected chi connectivity index (χ4v) is 3.44. The van der Waals surface area contributed by atoms with E-state index in [0.717, 1.165) is 0 Å². The van der Waals surface area contributed by atoms with Crippen LogP contribution in [0.25, 0.3) is 22.5 Å². The van der Waals surface area contributed by atoms with Gasteiger partial charge in [-0.3, -0.25) is 9.48 Å². The molecule has 0 amide bonds. The maximum Gasteiger partial charge on any atom is 0.275 e. The van der Waals surface area contributed by atoms with Crippen molar-refractivity contribution in [1.82, 2.24) is 19.3 Å². The second-order valence-electron chi connectivity index (χ2n) is 6.73. The third kappa shape index (κ3) is 4.22. The molecule has 3 aromatic rings. The van der Waals surface area contributed by atoms with Gasteiger partial charge >= 0.3 is 0 Å². The fourth-order valence-electron chi connectivity index (χ4n) is 3.44. The van der Waals surface area contributed by atoms with E-state index in [1.54, 1.807) is 36.2 Å². The average molecular weight is 399 g/mol. The second kappa shape index (κ2) is 9.00. The van der Waals surface area contributed by atoms with Crippen LogP contribution in [0.2, 0.25) is 0 Å². The van der Waals surface area contributed by atoms with E-state index in [-0.39, 0.29) is 17.4 Å². The molecule has 1 aromatic carbocycles. The average Bonchev–Trinajstić information content (AvgIpc) is 3.00. The zero-order valence-electron chi connectivity index (χ0n) is 17.1. The molecular weight excluding hydrogens is 373 g/mol. The van der Waals surface area contributed by atoms with Gasteiger partial charge in [0.2, 0.25) is 5.95 Å². The van der Waals surface area contributed by atoms with Gasteiger partial charge in [0.1, 0.15) is 5.82 Å². The van der Waals surface area contributed by atoms with Crippen molar-refractivity contribution in [1.29, 1.82) is 0 Å². The number of aromatic nitrogens is 4. The van der Waals surface area contributed by atoms with Crippen molar-refractivity contribution in [3.63, 3.8) is 0 Å². The Balaban J connectivity index is 2.18. The maximum absolute atomic E-state index is 13.5. The zero-order valence-corrected chi connectivity index (χ0v) is 17.1. The normalized spacial score (nSPS) is 12.2. The number of hydrogen-bond acceptors (Lipinski definition) is 5. The number of anilines is 1. The van der Waals surface area contributed by atoms with E-state index in [4.69, 9.17) is 4.74 Å². The molecule has 154 valence electrons. The van der Waals surface area contributed by atoms with Crippen LogP contribution in [0.3, 0.4) is 0 Å². The molecule has 29 heavy (non-hydrogen) atoms. The van der Waals surface area contributed by atoms with E-state index in [0.29, 0.717) is 48.2 Å². The topological polar surface area (TPSA) is 74.0 Å². The molecule has 2 aromatic heterocycles. The molecule has 0 aliphatic heterocycles. The largest absolute Gasteiger partial charge is 0.383 e. The van der Waals surface area contributed by atoms with Crippen LogP contribution in [-0.2, 0) is 17.8 Å². The molecule has 0 spiro atoms. The summed E-state index contributed by atoms with van der Waals surface area (Å²) < 4.78 is 22.2. The lowest BCUT2D eigenvalue weighted by atomic mass is 10.0. The van der Waals surface area contributed by atoms with Crippen molar-refractivity contribution in [3.05, 3.63) is 52.7 Å². The minimum absolute atomic E-state index is 0.0282. The first kappa shape index (κ1) is 20.7. The number of halogens is 1. The predicted octanol–water partition coefficient (Wildman–Crippen LogP) is 3.40. The Morgan fingerprint density at radius 2 is 1.83 bits per heavy atom. The van der Waals surface area contributed by atoms with Crippen LogP contribution in [0.5, 0.6) is 0 Å². The Morgan fingerprint density at radius 1 is 1.14 bits per heavy atom. The summed E-state index contributed by atoms with van der Waals surface area (Å²) in [6.07, 6.45) is 1.66. The van der Waals surface area contributed by atoms with Crippen LogP contribution in [0, 0.1) is 5.82 Å². The van der Waals surface area contributed by atoms with Gasteiger partial charge in [-0.05, 0) is 44.5 Å². The molecule has 1 atom stereocenters. The van der Waals surface area contributed by atoms with Gasteiger partial charge in [-0.25, -0.2) is 19.0 Å². The Bertz CT molecular complexity index is 1030. The van der Waals surface area contributed by atoms with E-state index < -0.39 is 0 Å². The number of nitrogens with one attached hydrogen (secondary N) is 1. The molecule has 0 saturated heterocycles. The van der Waals surface area contributed by atoms with Crippen LogP contribution in [0.1, 0.15) is 20.8 Å². The minimum Gasteiger partial charge on any atom is -0.383 e. The Morgan fingerprint density at radius 3 is 2.45 bits per heavy atom. The summed E-state index contributed by atoms with van der Waals surface area (Å²) in [6.45, 7) is 7.49. The molecule has 2 heterocycles. The van der Waals surface area contributed by atoms with Crippen LogP contribution < -0.4 is 10.9 Å². The van der Waals surface area contributed by atoms with Crippen molar-refractivity contribution in [2.24, 2.45) is 0 Å². The number of methoxy groups -OCH3 is 1. The summed E-state index contributed by atoms with van der Waals surface area (Å²) in [6, 6.07) is 7.77. The molecule has 7 nitrogen and oxygen atoms in total. The van der Waals surface area contributed by atoms with Gasteiger partial charge in [-0.2, -0.15) is 0 Å². The Hall–Kier alpha value is -3.00. The number of nitrogens with zero attached hydrogens (tertiary/aromatic N) is 4.